The molecule has 1 aromatic carbocycles. The number of alkyl halides is 3. The number of halogens is 3. The first kappa shape index (κ1) is 12.9. The topological polar surface area (TPSA) is 46.2 Å². The van der Waals surface area contributed by atoms with Crippen molar-refractivity contribution >= 4 is 9.84 Å². The van der Waals surface area contributed by atoms with Crippen LogP contribution in [-0.2, 0) is 9.84 Å². The molecule has 0 saturated heterocycles. The quantitative estimate of drug-likeness (QED) is 0.908. The zero-order valence-corrected chi connectivity index (χ0v) is 10.7. The fourth-order valence-electron chi connectivity index (χ4n) is 2.54. The van der Waals surface area contributed by atoms with E-state index in [4.69, 9.17) is 0 Å². The van der Waals surface area contributed by atoms with E-state index in [0.717, 1.165) is 0 Å². The summed E-state index contributed by atoms with van der Waals surface area (Å²) in [6.07, 6.45) is -4.32. The van der Waals surface area contributed by atoms with Crippen LogP contribution in [0.4, 0.5) is 13.2 Å². The Balaban J connectivity index is 1.94. The number of nitrogens with one attached hydrogen (secondary N) is 1. The first-order chi connectivity index (χ1) is 8.75. The molecule has 0 aromatic heterocycles. The Kier molecular flexibility index (Phi) is 2.54. The molecule has 1 atom stereocenters. The molecule has 1 heterocycles. The maximum atomic E-state index is 12.9. The van der Waals surface area contributed by atoms with E-state index >= 15 is 0 Å². The van der Waals surface area contributed by atoms with Crippen molar-refractivity contribution < 1.29 is 21.6 Å². The zero-order valence-electron chi connectivity index (χ0n) is 9.87. The molecule has 1 aliphatic heterocycles. The predicted octanol–water partition coefficient (Wildman–Crippen LogP) is 2.20. The summed E-state index contributed by atoms with van der Waals surface area (Å²) in [7, 11) is -3.47. The highest BCUT2D eigenvalue weighted by Crippen LogP contribution is 2.51. The second-order valence-electron chi connectivity index (χ2n) is 5.10. The van der Waals surface area contributed by atoms with Gasteiger partial charge in [-0.2, -0.15) is 13.2 Å². The Morgan fingerprint density at radius 1 is 1.21 bits per heavy atom. The van der Waals surface area contributed by atoms with Gasteiger partial charge in [0.1, 0.15) is 5.54 Å². The van der Waals surface area contributed by atoms with Gasteiger partial charge in [-0.3, -0.25) is 5.32 Å². The van der Waals surface area contributed by atoms with E-state index < -0.39 is 27.6 Å². The highest BCUT2D eigenvalue weighted by Gasteiger charge is 2.64. The van der Waals surface area contributed by atoms with E-state index in [1.54, 1.807) is 18.2 Å². The Morgan fingerprint density at radius 2 is 1.84 bits per heavy atom. The lowest BCUT2D eigenvalue weighted by Crippen LogP contribution is -2.47. The molecule has 0 spiro atoms. The first-order valence-corrected chi connectivity index (χ1v) is 7.57. The van der Waals surface area contributed by atoms with Gasteiger partial charge in [-0.05, 0) is 24.5 Å². The molecule has 1 N–H and O–H groups in total. The first-order valence-electron chi connectivity index (χ1n) is 5.91. The predicted molar refractivity (Wildman–Crippen MR) is 62.4 cm³/mol. The lowest BCUT2D eigenvalue weighted by molar-refractivity contribution is -0.167. The summed E-state index contributed by atoms with van der Waals surface area (Å²) in [5.41, 5.74) is -1.46. The minimum atomic E-state index is -4.34. The van der Waals surface area contributed by atoms with Crippen molar-refractivity contribution in [2.75, 3.05) is 5.75 Å². The molecule has 0 bridgehead atoms. The average Bonchev–Trinajstić information content (AvgIpc) is 3.03. The van der Waals surface area contributed by atoms with Crippen LogP contribution in [0.2, 0.25) is 0 Å². The van der Waals surface area contributed by atoms with Crippen molar-refractivity contribution in [3.05, 3.63) is 29.8 Å². The molecule has 104 valence electrons. The molecule has 1 fully saturated rings. The van der Waals surface area contributed by atoms with E-state index in [9.17, 15) is 21.6 Å². The monoisotopic (exact) mass is 291 g/mol. The Morgan fingerprint density at radius 3 is 2.42 bits per heavy atom. The summed E-state index contributed by atoms with van der Waals surface area (Å²) in [5.74, 6) is -0.301. The third-order valence-corrected chi connectivity index (χ3v) is 5.57. The van der Waals surface area contributed by atoms with Gasteiger partial charge in [-0.1, -0.05) is 18.2 Å². The minimum Gasteiger partial charge on any atom is -0.296 e. The molecule has 1 aromatic rings. The van der Waals surface area contributed by atoms with Crippen molar-refractivity contribution in [2.24, 2.45) is 0 Å². The molecule has 3 rings (SSSR count). The summed E-state index contributed by atoms with van der Waals surface area (Å²) in [4.78, 5) is 0.144. The van der Waals surface area contributed by atoms with E-state index in [2.05, 4.69) is 5.32 Å². The fraction of sp³-hybridized carbons (Fsp3) is 0.500. The standard InChI is InChI=1S/C12H12F3NO2S/c13-12(14,15)11(5-6-11)16-9-7-19(17,18)10-4-2-1-3-8(9)10/h1-4,9,16H,5-7H2. The minimum absolute atomic E-state index is 0.00914. The van der Waals surface area contributed by atoms with Gasteiger partial charge in [-0.25, -0.2) is 8.42 Å². The smallest absolute Gasteiger partial charge is 0.296 e. The van der Waals surface area contributed by atoms with Crippen LogP contribution in [0.5, 0.6) is 0 Å². The van der Waals surface area contributed by atoms with E-state index in [1.807, 2.05) is 0 Å². The van der Waals surface area contributed by atoms with Gasteiger partial charge in [0.15, 0.2) is 9.84 Å². The number of rotatable bonds is 2. The van der Waals surface area contributed by atoms with Crippen molar-refractivity contribution in [3.63, 3.8) is 0 Å². The lowest BCUT2D eigenvalue weighted by atomic mass is 10.1. The summed E-state index contributed by atoms with van der Waals surface area (Å²) in [6, 6.07) is 5.46. The third-order valence-electron chi connectivity index (χ3n) is 3.76. The van der Waals surface area contributed by atoms with Gasteiger partial charge in [-0.15, -0.1) is 0 Å². The van der Waals surface area contributed by atoms with Crippen molar-refractivity contribution in [1.82, 2.24) is 5.32 Å². The SMILES string of the molecule is O=S1(=O)CC(NC2(C(F)(F)F)CC2)c2ccccc21. The second-order valence-corrected chi connectivity index (χ2v) is 7.10. The Hall–Kier alpha value is -1.08. The van der Waals surface area contributed by atoms with Gasteiger partial charge in [0, 0.05) is 6.04 Å². The second kappa shape index (κ2) is 3.73. The number of fused-ring (bicyclic) bond motifs is 1. The molecule has 7 heteroatoms. The van der Waals surface area contributed by atoms with Crippen LogP contribution in [0, 0.1) is 0 Å². The molecule has 0 amide bonds. The number of benzene rings is 1. The molecule has 2 aliphatic rings. The van der Waals surface area contributed by atoms with E-state index in [-0.39, 0.29) is 23.5 Å². The molecular formula is C12H12F3NO2S. The fourth-order valence-corrected chi connectivity index (χ4v) is 4.27. The third kappa shape index (κ3) is 1.95. The van der Waals surface area contributed by atoms with Crippen molar-refractivity contribution in [1.29, 1.82) is 0 Å². The van der Waals surface area contributed by atoms with E-state index in [1.165, 1.54) is 6.07 Å². The van der Waals surface area contributed by atoms with Gasteiger partial charge in [0.05, 0.1) is 10.6 Å². The van der Waals surface area contributed by atoms with Crippen LogP contribution in [0.15, 0.2) is 29.2 Å². The summed E-state index contributed by atoms with van der Waals surface area (Å²) in [5, 5.41) is 2.51. The molecule has 1 saturated carbocycles. The Labute approximate surface area is 108 Å². The molecular weight excluding hydrogens is 279 g/mol. The van der Waals surface area contributed by atoms with Crippen molar-refractivity contribution in [3.8, 4) is 0 Å². The normalized spacial score (nSPS) is 27.0. The summed E-state index contributed by atoms with van der Waals surface area (Å²) < 4.78 is 62.5. The van der Waals surface area contributed by atoms with E-state index in [0.29, 0.717) is 5.56 Å². The molecule has 0 radical (unpaired) electrons. The van der Waals surface area contributed by atoms with Crippen molar-refractivity contribution in [2.45, 2.75) is 35.5 Å². The summed E-state index contributed by atoms with van der Waals surface area (Å²) >= 11 is 0. The molecule has 19 heavy (non-hydrogen) atoms. The molecule has 1 unspecified atom stereocenters. The largest absolute Gasteiger partial charge is 0.406 e. The lowest BCUT2D eigenvalue weighted by Gasteiger charge is -2.24. The van der Waals surface area contributed by atoms with Crippen LogP contribution in [0.3, 0.4) is 0 Å². The van der Waals surface area contributed by atoms with Gasteiger partial charge < -0.3 is 0 Å². The molecule has 1 aliphatic carbocycles. The van der Waals surface area contributed by atoms with Crippen LogP contribution in [-0.4, -0.2) is 25.9 Å². The number of sulfone groups is 1. The van der Waals surface area contributed by atoms with Crippen LogP contribution < -0.4 is 5.32 Å². The van der Waals surface area contributed by atoms with Crippen LogP contribution >= 0.6 is 0 Å². The maximum Gasteiger partial charge on any atom is 0.406 e. The number of hydrogen-bond donors (Lipinski definition) is 1. The zero-order chi connectivity index (χ0) is 13.9. The van der Waals surface area contributed by atoms with Crippen LogP contribution in [0.25, 0.3) is 0 Å². The maximum absolute atomic E-state index is 12.9. The summed E-state index contributed by atoms with van der Waals surface area (Å²) in [6.45, 7) is 0. The molecule has 3 nitrogen and oxygen atoms in total. The average molecular weight is 291 g/mol. The van der Waals surface area contributed by atoms with Gasteiger partial charge in [0.2, 0.25) is 0 Å². The van der Waals surface area contributed by atoms with Gasteiger partial charge in [0.25, 0.3) is 0 Å². The Bertz CT molecular complexity index is 620. The van der Waals surface area contributed by atoms with Crippen LogP contribution in [0.1, 0.15) is 24.4 Å². The highest BCUT2D eigenvalue weighted by atomic mass is 32.2. The number of hydrogen-bond acceptors (Lipinski definition) is 3. The highest BCUT2D eigenvalue weighted by molar-refractivity contribution is 7.91. The van der Waals surface area contributed by atoms with Gasteiger partial charge >= 0.3 is 6.18 Å².